The number of rotatable bonds is 4. The molecule has 1 aliphatic heterocycles. The summed E-state index contributed by atoms with van der Waals surface area (Å²) in [7, 11) is 0. The van der Waals surface area contributed by atoms with E-state index in [-0.39, 0.29) is 5.91 Å². The van der Waals surface area contributed by atoms with E-state index in [0.29, 0.717) is 35.4 Å². The zero-order valence-corrected chi connectivity index (χ0v) is 14.5. The summed E-state index contributed by atoms with van der Waals surface area (Å²) in [6.07, 6.45) is 1.76. The topological polar surface area (TPSA) is 54.5 Å². The van der Waals surface area contributed by atoms with Crippen LogP contribution in [0.15, 0.2) is 36.5 Å². The highest BCUT2D eigenvalue weighted by Gasteiger charge is 2.16. The third kappa shape index (κ3) is 4.17. The van der Waals surface area contributed by atoms with Crippen molar-refractivity contribution in [3.05, 3.63) is 57.7 Å². The fraction of sp³-hybridized carbons (Fsp3) is 0.294. The summed E-state index contributed by atoms with van der Waals surface area (Å²) in [4.78, 5) is 19.0. The van der Waals surface area contributed by atoms with Crippen molar-refractivity contribution in [1.82, 2.24) is 10.3 Å². The molecule has 1 saturated heterocycles. The monoisotopic (exact) mass is 365 g/mol. The van der Waals surface area contributed by atoms with Gasteiger partial charge in [-0.05, 0) is 24.3 Å². The molecule has 0 spiro atoms. The summed E-state index contributed by atoms with van der Waals surface area (Å²) in [5.74, 6) is 0.654. The standard InChI is InChI=1S/C17H17Cl2N3O2/c18-14-8-13(9-15(19)10-14)17(23)21-11-12-2-1-3-20-16(12)22-4-6-24-7-5-22/h1-3,8-10H,4-7,11H2,(H,21,23). The van der Waals surface area contributed by atoms with E-state index < -0.39 is 0 Å². The number of ether oxygens (including phenoxy) is 1. The molecule has 24 heavy (non-hydrogen) atoms. The number of hydrogen-bond acceptors (Lipinski definition) is 4. The fourth-order valence-electron chi connectivity index (χ4n) is 2.59. The number of amides is 1. The van der Waals surface area contributed by atoms with Crippen LogP contribution in [0.1, 0.15) is 15.9 Å². The van der Waals surface area contributed by atoms with Gasteiger partial charge in [0.05, 0.1) is 13.2 Å². The van der Waals surface area contributed by atoms with Crippen LogP contribution in [0.3, 0.4) is 0 Å². The zero-order valence-electron chi connectivity index (χ0n) is 13.0. The highest BCUT2D eigenvalue weighted by molar-refractivity contribution is 6.35. The van der Waals surface area contributed by atoms with Crippen LogP contribution in [0.4, 0.5) is 5.82 Å². The molecule has 0 unspecified atom stereocenters. The molecule has 5 nitrogen and oxygen atoms in total. The first-order chi connectivity index (χ1) is 11.6. The minimum Gasteiger partial charge on any atom is -0.378 e. The SMILES string of the molecule is O=C(NCc1cccnc1N1CCOCC1)c1cc(Cl)cc(Cl)c1. The first-order valence-electron chi connectivity index (χ1n) is 7.64. The number of carbonyl (C=O) groups is 1. The Kier molecular flexibility index (Phi) is 5.56. The van der Waals surface area contributed by atoms with E-state index >= 15 is 0 Å². The summed E-state index contributed by atoms with van der Waals surface area (Å²) >= 11 is 11.9. The van der Waals surface area contributed by atoms with Crippen LogP contribution < -0.4 is 10.2 Å². The number of nitrogens with zero attached hydrogens (tertiary/aromatic N) is 2. The molecule has 1 N–H and O–H groups in total. The molecule has 126 valence electrons. The Bertz CT molecular complexity index is 713. The van der Waals surface area contributed by atoms with Gasteiger partial charge in [-0.15, -0.1) is 0 Å². The summed E-state index contributed by atoms with van der Waals surface area (Å²) in [5, 5.41) is 3.76. The van der Waals surface area contributed by atoms with Gasteiger partial charge in [-0.2, -0.15) is 0 Å². The van der Waals surface area contributed by atoms with Crippen molar-refractivity contribution in [2.45, 2.75) is 6.54 Å². The molecule has 1 amide bonds. The van der Waals surface area contributed by atoms with Crippen molar-refractivity contribution in [3.63, 3.8) is 0 Å². The Hall–Kier alpha value is -1.82. The van der Waals surface area contributed by atoms with Crippen molar-refractivity contribution in [1.29, 1.82) is 0 Å². The number of nitrogens with one attached hydrogen (secondary N) is 1. The minimum absolute atomic E-state index is 0.226. The van der Waals surface area contributed by atoms with Crippen molar-refractivity contribution >= 4 is 34.9 Å². The zero-order chi connectivity index (χ0) is 16.9. The van der Waals surface area contributed by atoms with E-state index in [1.165, 1.54) is 0 Å². The highest BCUT2D eigenvalue weighted by Crippen LogP contribution is 2.20. The second-order valence-corrected chi connectivity index (χ2v) is 6.30. The smallest absolute Gasteiger partial charge is 0.251 e. The predicted octanol–water partition coefficient (Wildman–Crippen LogP) is 3.16. The summed E-state index contributed by atoms with van der Waals surface area (Å²) < 4.78 is 5.38. The van der Waals surface area contributed by atoms with Gasteiger partial charge in [-0.1, -0.05) is 29.3 Å². The molecule has 0 aliphatic carbocycles. The lowest BCUT2D eigenvalue weighted by Crippen LogP contribution is -2.37. The van der Waals surface area contributed by atoms with Crippen molar-refractivity contribution in [3.8, 4) is 0 Å². The molecule has 3 rings (SSSR count). The molecule has 0 radical (unpaired) electrons. The van der Waals surface area contributed by atoms with Crippen LogP contribution in [-0.4, -0.2) is 37.2 Å². The van der Waals surface area contributed by atoms with Gasteiger partial charge < -0.3 is 15.0 Å². The van der Waals surface area contributed by atoms with Gasteiger partial charge in [0.2, 0.25) is 0 Å². The van der Waals surface area contributed by atoms with E-state index in [4.69, 9.17) is 27.9 Å². The van der Waals surface area contributed by atoms with E-state index in [2.05, 4.69) is 15.2 Å². The van der Waals surface area contributed by atoms with Crippen LogP contribution in [0.2, 0.25) is 10.0 Å². The Morgan fingerprint density at radius 1 is 1.21 bits per heavy atom. The molecule has 0 saturated carbocycles. The van der Waals surface area contributed by atoms with Crippen molar-refractivity contribution in [2.75, 3.05) is 31.2 Å². The second kappa shape index (κ2) is 7.83. The lowest BCUT2D eigenvalue weighted by Gasteiger charge is -2.29. The highest BCUT2D eigenvalue weighted by atomic mass is 35.5. The van der Waals surface area contributed by atoms with E-state index in [1.807, 2.05) is 12.1 Å². The molecular formula is C17H17Cl2N3O2. The lowest BCUT2D eigenvalue weighted by molar-refractivity contribution is 0.0950. The van der Waals surface area contributed by atoms with Gasteiger partial charge in [-0.25, -0.2) is 4.98 Å². The van der Waals surface area contributed by atoms with E-state index in [1.54, 1.807) is 24.4 Å². The Morgan fingerprint density at radius 3 is 2.62 bits per heavy atom. The minimum atomic E-state index is -0.226. The molecule has 1 aliphatic rings. The summed E-state index contributed by atoms with van der Waals surface area (Å²) in [6.45, 7) is 3.33. The van der Waals surface area contributed by atoms with Gasteiger partial charge in [0.15, 0.2) is 0 Å². The second-order valence-electron chi connectivity index (χ2n) is 5.43. The van der Waals surface area contributed by atoms with Gasteiger partial charge in [0, 0.05) is 47.0 Å². The molecule has 0 bridgehead atoms. The number of hydrogen-bond donors (Lipinski definition) is 1. The fourth-order valence-corrected chi connectivity index (χ4v) is 3.12. The first-order valence-corrected chi connectivity index (χ1v) is 8.40. The maximum absolute atomic E-state index is 12.3. The average molecular weight is 366 g/mol. The number of pyridine rings is 1. The van der Waals surface area contributed by atoms with Gasteiger partial charge >= 0.3 is 0 Å². The molecule has 1 fully saturated rings. The van der Waals surface area contributed by atoms with Gasteiger partial charge in [0.1, 0.15) is 5.82 Å². The number of anilines is 1. The third-order valence-corrected chi connectivity index (χ3v) is 4.18. The molecule has 1 aromatic heterocycles. The molecule has 2 aromatic rings. The van der Waals surface area contributed by atoms with Crippen LogP contribution in [0, 0.1) is 0 Å². The van der Waals surface area contributed by atoms with Crippen molar-refractivity contribution < 1.29 is 9.53 Å². The van der Waals surface area contributed by atoms with Crippen LogP contribution in [0.25, 0.3) is 0 Å². The average Bonchev–Trinajstić information content (AvgIpc) is 2.60. The normalized spacial score (nSPS) is 14.5. The van der Waals surface area contributed by atoms with E-state index in [0.717, 1.165) is 24.5 Å². The Morgan fingerprint density at radius 2 is 1.92 bits per heavy atom. The maximum Gasteiger partial charge on any atom is 0.251 e. The van der Waals surface area contributed by atoms with Gasteiger partial charge in [0.25, 0.3) is 5.91 Å². The number of halogens is 2. The van der Waals surface area contributed by atoms with Crippen LogP contribution in [-0.2, 0) is 11.3 Å². The molecule has 7 heteroatoms. The van der Waals surface area contributed by atoms with Gasteiger partial charge in [-0.3, -0.25) is 4.79 Å². The third-order valence-electron chi connectivity index (χ3n) is 3.74. The van der Waals surface area contributed by atoms with Crippen LogP contribution >= 0.6 is 23.2 Å². The first kappa shape index (κ1) is 17.0. The van der Waals surface area contributed by atoms with Crippen LogP contribution in [0.5, 0.6) is 0 Å². The maximum atomic E-state index is 12.3. The lowest BCUT2D eigenvalue weighted by atomic mass is 10.2. The number of aromatic nitrogens is 1. The Balaban J connectivity index is 1.71. The number of morpholine rings is 1. The Labute approximate surface area is 150 Å². The quantitative estimate of drug-likeness (QED) is 0.903. The molecule has 2 heterocycles. The largest absolute Gasteiger partial charge is 0.378 e. The molecular weight excluding hydrogens is 349 g/mol. The number of benzene rings is 1. The predicted molar refractivity (Wildman–Crippen MR) is 94.9 cm³/mol. The molecule has 0 atom stereocenters. The summed E-state index contributed by atoms with van der Waals surface area (Å²) in [6, 6.07) is 8.60. The molecule has 1 aromatic carbocycles. The van der Waals surface area contributed by atoms with Crippen molar-refractivity contribution in [2.24, 2.45) is 0 Å². The summed E-state index contributed by atoms with van der Waals surface area (Å²) in [5.41, 5.74) is 1.39. The number of carbonyl (C=O) groups excluding carboxylic acids is 1. The van der Waals surface area contributed by atoms with E-state index in [9.17, 15) is 4.79 Å².